The molecule has 2 N–H and O–H groups in total. The molecule has 8 heteroatoms. The lowest BCUT2D eigenvalue weighted by Crippen LogP contribution is -2.49. The smallest absolute Gasteiger partial charge is 0.303 e. The first-order valence-electron chi connectivity index (χ1n) is 10.4. The number of aromatic nitrogens is 1. The second kappa shape index (κ2) is 8.37. The molecule has 2 bridgehead atoms. The fraction of sp³-hybridized carbons (Fsp3) is 0.391. The van der Waals surface area contributed by atoms with Gasteiger partial charge in [0.25, 0.3) is 5.56 Å². The summed E-state index contributed by atoms with van der Waals surface area (Å²) in [6.07, 6.45) is 0.712. The summed E-state index contributed by atoms with van der Waals surface area (Å²) in [5.41, 5.74) is 3.45. The standard InChI is InChI=1S/C23H25N3O5/c1-14(27)24-18-4-2-16(3-5-18)19-6-7-21(29)26-12-15-10-17(23(19)26)13-25(11-15)20(28)8-9-22(30)31/h2-7,15,17H,8-13H2,1H3,(H,24,27)(H,30,31). The number of fused-ring (bicyclic) bond motifs is 4. The number of rotatable bonds is 5. The quantitative estimate of drug-likeness (QED) is 0.767. The summed E-state index contributed by atoms with van der Waals surface area (Å²) in [5, 5.41) is 11.6. The van der Waals surface area contributed by atoms with Crippen LogP contribution in [0.25, 0.3) is 11.1 Å². The van der Waals surface area contributed by atoms with Crippen LogP contribution in [0.4, 0.5) is 5.69 Å². The van der Waals surface area contributed by atoms with E-state index in [1.165, 1.54) is 6.92 Å². The number of benzene rings is 1. The van der Waals surface area contributed by atoms with Crippen molar-refractivity contribution < 1.29 is 19.5 Å². The van der Waals surface area contributed by atoms with E-state index in [1.807, 2.05) is 34.9 Å². The third-order valence-electron chi connectivity index (χ3n) is 6.01. The monoisotopic (exact) mass is 423 g/mol. The van der Waals surface area contributed by atoms with Gasteiger partial charge in [-0.05, 0) is 36.1 Å². The molecule has 4 rings (SSSR count). The van der Waals surface area contributed by atoms with Gasteiger partial charge < -0.3 is 19.9 Å². The van der Waals surface area contributed by atoms with E-state index < -0.39 is 5.97 Å². The minimum absolute atomic E-state index is 0.00611. The molecule has 0 radical (unpaired) electrons. The van der Waals surface area contributed by atoms with E-state index in [4.69, 9.17) is 5.11 Å². The fourth-order valence-electron chi connectivity index (χ4n) is 4.77. The first kappa shape index (κ1) is 20.8. The molecule has 2 amide bonds. The normalized spacial score (nSPS) is 19.5. The molecule has 1 saturated heterocycles. The number of hydrogen-bond acceptors (Lipinski definition) is 4. The van der Waals surface area contributed by atoms with Crippen LogP contribution in [0, 0.1) is 5.92 Å². The van der Waals surface area contributed by atoms with Crippen molar-refractivity contribution in [2.45, 2.75) is 38.6 Å². The van der Waals surface area contributed by atoms with Gasteiger partial charge in [0, 0.05) is 61.9 Å². The first-order valence-corrected chi connectivity index (χ1v) is 10.4. The average Bonchev–Trinajstić information content (AvgIpc) is 2.73. The number of aliphatic carboxylic acids is 1. The highest BCUT2D eigenvalue weighted by molar-refractivity contribution is 5.89. The highest BCUT2D eigenvalue weighted by atomic mass is 16.4. The zero-order valence-electron chi connectivity index (χ0n) is 17.3. The summed E-state index contributed by atoms with van der Waals surface area (Å²) >= 11 is 0. The number of nitrogens with one attached hydrogen (secondary N) is 1. The van der Waals surface area contributed by atoms with Crippen LogP contribution in [-0.4, -0.2) is 45.4 Å². The lowest BCUT2D eigenvalue weighted by atomic mass is 9.80. The van der Waals surface area contributed by atoms with E-state index in [9.17, 15) is 19.2 Å². The van der Waals surface area contributed by atoms with Crippen LogP contribution in [0.1, 0.15) is 37.8 Å². The van der Waals surface area contributed by atoms with Crippen LogP contribution >= 0.6 is 0 Å². The summed E-state index contributed by atoms with van der Waals surface area (Å²) in [6, 6.07) is 10.9. The Hall–Kier alpha value is -3.42. The van der Waals surface area contributed by atoms with Gasteiger partial charge in [-0.15, -0.1) is 0 Å². The molecule has 2 aromatic rings. The number of carbonyl (C=O) groups excluding carboxylic acids is 2. The Balaban J connectivity index is 1.65. The predicted molar refractivity (Wildman–Crippen MR) is 115 cm³/mol. The summed E-state index contributed by atoms with van der Waals surface area (Å²) in [4.78, 5) is 49.0. The van der Waals surface area contributed by atoms with Crippen LogP contribution in [0.15, 0.2) is 41.2 Å². The lowest BCUT2D eigenvalue weighted by Gasteiger charge is -2.43. The van der Waals surface area contributed by atoms with Crippen LogP contribution in [0.2, 0.25) is 0 Å². The number of amides is 2. The molecule has 8 nitrogen and oxygen atoms in total. The summed E-state index contributed by atoms with van der Waals surface area (Å²) in [5.74, 6) is -1.08. The number of likely N-dealkylation sites (tertiary alicyclic amines) is 1. The van der Waals surface area contributed by atoms with E-state index in [0.717, 1.165) is 23.2 Å². The molecular weight excluding hydrogens is 398 g/mol. The Morgan fingerprint density at radius 1 is 1.03 bits per heavy atom. The van der Waals surface area contributed by atoms with Crippen molar-refractivity contribution in [2.24, 2.45) is 5.92 Å². The molecule has 0 aliphatic carbocycles. The topological polar surface area (TPSA) is 109 Å². The Kier molecular flexibility index (Phi) is 5.63. The summed E-state index contributed by atoms with van der Waals surface area (Å²) in [7, 11) is 0. The van der Waals surface area contributed by atoms with Gasteiger partial charge in [-0.2, -0.15) is 0 Å². The fourth-order valence-corrected chi connectivity index (χ4v) is 4.77. The van der Waals surface area contributed by atoms with Gasteiger partial charge in [0.2, 0.25) is 11.8 Å². The van der Waals surface area contributed by atoms with Crippen LogP contribution in [0.5, 0.6) is 0 Å². The Morgan fingerprint density at radius 3 is 2.45 bits per heavy atom. The Morgan fingerprint density at radius 2 is 1.77 bits per heavy atom. The summed E-state index contributed by atoms with van der Waals surface area (Å²) in [6.45, 7) is 3.04. The second-order valence-corrected chi connectivity index (χ2v) is 8.33. The van der Waals surface area contributed by atoms with Gasteiger partial charge in [-0.1, -0.05) is 12.1 Å². The van der Waals surface area contributed by atoms with Gasteiger partial charge in [0.1, 0.15) is 0 Å². The Bertz CT molecular complexity index is 1090. The van der Waals surface area contributed by atoms with E-state index in [-0.39, 0.29) is 42.1 Å². The van der Waals surface area contributed by atoms with Crippen molar-refractivity contribution in [1.82, 2.24) is 9.47 Å². The third-order valence-corrected chi connectivity index (χ3v) is 6.01. The molecule has 2 atom stereocenters. The van der Waals surface area contributed by atoms with Gasteiger partial charge in [0.15, 0.2) is 0 Å². The van der Waals surface area contributed by atoms with Gasteiger partial charge >= 0.3 is 5.97 Å². The lowest BCUT2D eigenvalue weighted by molar-refractivity contribution is -0.141. The average molecular weight is 423 g/mol. The first-order chi connectivity index (χ1) is 14.8. The minimum Gasteiger partial charge on any atom is -0.481 e. The zero-order valence-corrected chi connectivity index (χ0v) is 17.3. The molecule has 2 unspecified atom stereocenters. The van der Waals surface area contributed by atoms with Crippen molar-refractivity contribution in [1.29, 1.82) is 0 Å². The van der Waals surface area contributed by atoms with Crippen LogP contribution in [0.3, 0.4) is 0 Å². The van der Waals surface area contributed by atoms with Gasteiger partial charge in [0.05, 0.1) is 6.42 Å². The number of carboxylic acid groups (broad SMARTS) is 1. The molecule has 1 fully saturated rings. The maximum absolute atomic E-state index is 12.6. The maximum atomic E-state index is 12.6. The van der Waals surface area contributed by atoms with Crippen LogP contribution in [-0.2, 0) is 20.9 Å². The zero-order chi connectivity index (χ0) is 22.1. The van der Waals surface area contributed by atoms with Gasteiger partial charge in [-0.3, -0.25) is 19.2 Å². The van der Waals surface area contributed by atoms with Crippen molar-refractivity contribution in [3.05, 3.63) is 52.4 Å². The molecule has 2 aliphatic heterocycles. The molecule has 1 aromatic heterocycles. The molecule has 3 heterocycles. The highest BCUT2D eigenvalue weighted by Crippen LogP contribution is 2.40. The number of hydrogen-bond donors (Lipinski definition) is 2. The highest BCUT2D eigenvalue weighted by Gasteiger charge is 2.37. The molecule has 0 saturated carbocycles. The van der Waals surface area contributed by atoms with E-state index in [1.54, 1.807) is 11.0 Å². The van der Waals surface area contributed by atoms with Crippen molar-refractivity contribution in [3.63, 3.8) is 0 Å². The SMILES string of the molecule is CC(=O)Nc1ccc(-c2ccc(=O)n3c2C2CC(CN(C(=O)CCC(=O)O)C2)C3)cc1. The minimum atomic E-state index is -0.979. The largest absolute Gasteiger partial charge is 0.481 e. The van der Waals surface area contributed by atoms with E-state index in [2.05, 4.69) is 5.32 Å². The molecule has 31 heavy (non-hydrogen) atoms. The van der Waals surface area contributed by atoms with E-state index in [0.29, 0.717) is 25.3 Å². The number of carbonyl (C=O) groups is 3. The number of nitrogens with zero attached hydrogens (tertiary/aromatic N) is 2. The predicted octanol–water partition coefficient (Wildman–Crippen LogP) is 2.28. The van der Waals surface area contributed by atoms with Crippen LogP contribution < -0.4 is 10.9 Å². The Labute approximate surface area is 179 Å². The summed E-state index contributed by atoms with van der Waals surface area (Å²) < 4.78 is 1.83. The van der Waals surface area contributed by atoms with Crippen molar-refractivity contribution in [2.75, 3.05) is 18.4 Å². The number of piperidine rings is 1. The molecule has 0 spiro atoms. The number of pyridine rings is 1. The van der Waals surface area contributed by atoms with Gasteiger partial charge in [-0.25, -0.2) is 0 Å². The maximum Gasteiger partial charge on any atom is 0.303 e. The molecule has 2 aliphatic rings. The van der Waals surface area contributed by atoms with Crippen molar-refractivity contribution >= 4 is 23.5 Å². The number of carboxylic acids is 1. The molecular formula is C23H25N3O5. The van der Waals surface area contributed by atoms with Crippen molar-refractivity contribution in [3.8, 4) is 11.1 Å². The second-order valence-electron chi connectivity index (χ2n) is 8.33. The van der Waals surface area contributed by atoms with E-state index >= 15 is 0 Å². The third kappa shape index (κ3) is 4.38. The molecule has 162 valence electrons. The number of anilines is 1. The molecule has 1 aromatic carbocycles.